The van der Waals surface area contributed by atoms with Crippen molar-refractivity contribution >= 4 is 16.8 Å². The van der Waals surface area contributed by atoms with Crippen LogP contribution in [-0.4, -0.2) is 20.4 Å². The van der Waals surface area contributed by atoms with Crippen LogP contribution < -0.4 is 10.9 Å². The molecule has 0 saturated heterocycles. The van der Waals surface area contributed by atoms with Crippen LogP contribution >= 0.6 is 0 Å². The number of carbonyl (C=O) groups excluding carboxylic acids is 1. The number of carbonyl (C=O) groups is 1. The van der Waals surface area contributed by atoms with Crippen LogP contribution in [0.4, 0.5) is 0 Å². The summed E-state index contributed by atoms with van der Waals surface area (Å²) in [5.74, 6) is -0.116. The summed E-state index contributed by atoms with van der Waals surface area (Å²) in [5.41, 5.74) is 2.49. The third kappa shape index (κ3) is 3.48. The van der Waals surface area contributed by atoms with E-state index >= 15 is 0 Å². The molecular formula is C18H18N4O2. The van der Waals surface area contributed by atoms with Crippen LogP contribution in [0.2, 0.25) is 0 Å². The molecule has 0 aliphatic rings. The summed E-state index contributed by atoms with van der Waals surface area (Å²) in [6.45, 7) is 2.65. The smallest absolute Gasteiger partial charge is 0.261 e. The number of nitrogens with zero attached hydrogens (tertiary/aromatic N) is 3. The van der Waals surface area contributed by atoms with Crippen molar-refractivity contribution in [2.75, 3.05) is 0 Å². The van der Waals surface area contributed by atoms with Gasteiger partial charge in [-0.2, -0.15) is 0 Å². The zero-order chi connectivity index (χ0) is 16.9. The first-order chi connectivity index (χ1) is 11.6. The van der Waals surface area contributed by atoms with Gasteiger partial charge in [0.05, 0.1) is 17.2 Å². The highest BCUT2D eigenvalue weighted by molar-refractivity contribution is 5.80. The standard InChI is InChI=1S/C18H18N4O2/c1-13-4-2-6-15-17(13)21-12-22(18(15)24)9-7-16(23)20-11-14-5-3-8-19-10-14/h2-6,8,10,12H,7,9,11H2,1H3,(H,20,23). The molecule has 24 heavy (non-hydrogen) atoms. The molecule has 0 bridgehead atoms. The van der Waals surface area contributed by atoms with Gasteiger partial charge >= 0.3 is 0 Å². The second-order valence-corrected chi connectivity index (χ2v) is 5.60. The van der Waals surface area contributed by atoms with E-state index < -0.39 is 0 Å². The molecule has 0 radical (unpaired) electrons. The third-order valence-electron chi connectivity index (χ3n) is 3.85. The van der Waals surface area contributed by atoms with Crippen LogP contribution in [0.3, 0.4) is 0 Å². The summed E-state index contributed by atoms with van der Waals surface area (Å²) in [5, 5.41) is 3.40. The number of amides is 1. The van der Waals surface area contributed by atoms with Gasteiger partial charge < -0.3 is 5.32 Å². The second kappa shape index (κ2) is 7.04. The lowest BCUT2D eigenvalue weighted by atomic mass is 10.1. The molecule has 3 aromatic rings. The Kier molecular flexibility index (Phi) is 4.65. The number of para-hydroxylation sites is 1. The Balaban J connectivity index is 1.64. The summed E-state index contributed by atoms with van der Waals surface area (Å²) in [6, 6.07) is 9.24. The summed E-state index contributed by atoms with van der Waals surface area (Å²) in [6.07, 6.45) is 5.12. The molecule has 0 aliphatic heterocycles. The molecule has 3 rings (SSSR count). The SMILES string of the molecule is Cc1cccc2c(=O)n(CCC(=O)NCc3cccnc3)cnc12. The number of fused-ring (bicyclic) bond motifs is 1. The highest BCUT2D eigenvalue weighted by atomic mass is 16.1. The fraction of sp³-hybridized carbons (Fsp3) is 0.222. The van der Waals surface area contributed by atoms with Crippen molar-refractivity contribution in [3.63, 3.8) is 0 Å². The maximum Gasteiger partial charge on any atom is 0.261 e. The van der Waals surface area contributed by atoms with Gasteiger partial charge in [0, 0.05) is 31.9 Å². The Labute approximate surface area is 139 Å². The van der Waals surface area contributed by atoms with Crippen molar-refractivity contribution in [3.8, 4) is 0 Å². The van der Waals surface area contributed by atoms with Gasteiger partial charge in [-0.05, 0) is 30.2 Å². The second-order valence-electron chi connectivity index (χ2n) is 5.60. The Morgan fingerprint density at radius 1 is 1.25 bits per heavy atom. The van der Waals surface area contributed by atoms with Crippen LogP contribution in [0.15, 0.2) is 53.8 Å². The average molecular weight is 322 g/mol. The zero-order valence-corrected chi connectivity index (χ0v) is 13.4. The van der Waals surface area contributed by atoms with E-state index in [9.17, 15) is 9.59 Å². The molecule has 0 spiro atoms. The molecule has 122 valence electrons. The summed E-state index contributed by atoms with van der Waals surface area (Å²) in [4.78, 5) is 32.7. The van der Waals surface area contributed by atoms with E-state index in [1.165, 1.54) is 10.9 Å². The van der Waals surface area contributed by atoms with Crippen LogP contribution in [0, 0.1) is 6.92 Å². The number of rotatable bonds is 5. The molecule has 0 aliphatic carbocycles. The minimum absolute atomic E-state index is 0.116. The van der Waals surface area contributed by atoms with E-state index in [1.54, 1.807) is 18.5 Å². The summed E-state index contributed by atoms with van der Waals surface area (Å²) >= 11 is 0. The molecule has 0 saturated carbocycles. The van der Waals surface area contributed by atoms with Gasteiger partial charge in [0.25, 0.3) is 5.56 Å². The number of aryl methyl sites for hydroxylation is 2. The predicted molar refractivity (Wildman–Crippen MR) is 91.4 cm³/mol. The first kappa shape index (κ1) is 15.9. The van der Waals surface area contributed by atoms with Gasteiger partial charge in [-0.25, -0.2) is 4.98 Å². The first-order valence-electron chi connectivity index (χ1n) is 7.75. The van der Waals surface area contributed by atoms with Gasteiger partial charge in [-0.3, -0.25) is 19.1 Å². The van der Waals surface area contributed by atoms with E-state index in [1.807, 2.05) is 31.2 Å². The molecule has 1 amide bonds. The molecule has 2 heterocycles. The Morgan fingerprint density at radius 3 is 2.92 bits per heavy atom. The lowest BCUT2D eigenvalue weighted by Gasteiger charge is -2.08. The van der Waals surface area contributed by atoms with E-state index in [4.69, 9.17) is 0 Å². The van der Waals surface area contributed by atoms with Crippen LogP contribution in [-0.2, 0) is 17.9 Å². The van der Waals surface area contributed by atoms with Gasteiger partial charge in [-0.15, -0.1) is 0 Å². The Hall–Kier alpha value is -3.02. The van der Waals surface area contributed by atoms with E-state index in [0.717, 1.165) is 11.1 Å². The molecule has 6 heteroatoms. The topological polar surface area (TPSA) is 76.9 Å². The molecule has 2 aromatic heterocycles. The maximum atomic E-state index is 12.5. The highest BCUT2D eigenvalue weighted by Crippen LogP contribution is 2.11. The highest BCUT2D eigenvalue weighted by Gasteiger charge is 2.07. The fourth-order valence-corrected chi connectivity index (χ4v) is 2.51. The minimum atomic E-state index is -0.122. The van der Waals surface area contributed by atoms with E-state index in [0.29, 0.717) is 24.0 Å². The number of hydrogen-bond acceptors (Lipinski definition) is 4. The minimum Gasteiger partial charge on any atom is -0.352 e. The molecule has 0 fully saturated rings. The molecular weight excluding hydrogens is 304 g/mol. The number of pyridine rings is 1. The quantitative estimate of drug-likeness (QED) is 0.777. The van der Waals surface area contributed by atoms with Crippen molar-refractivity contribution in [1.29, 1.82) is 0 Å². The van der Waals surface area contributed by atoms with E-state index in [-0.39, 0.29) is 17.9 Å². The lowest BCUT2D eigenvalue weighted by Crippen LogP contribution is -2.27. The van der Waals surface area contributed by atoms with Crippen LogP contribution in [0.1, 0.15) is 17.5 Å². The van der Waals surface area contributed by atoms with Crippen molar-refractivity contribution < 1.29 is 4.79 Å². The van der Waals surface area contributed by atoms with Gasteiger partial charge in [0.2, 0.25) is 5.91 Å². The normalized spacial score (nSPS) is 10.7. The van der Waals surface area contributed by atoms with Gasteiger partial charge in [-0.1, -0.05) is 18.2 Å². The molecule has 6 nitrogen and oxygen atoms in total. The van der Waals surface area contributed by atoms with Crippen LogP contribution in [0.5, 0.6) is 0 Å². The van der Waals surface area contributed by atoms with E-state index in [2.05, 4.69) is 15.3 Å². The van der Waals surface area contributed by atoms with Gasteiger partial charge in [0.1, 0.15) is 0 Å². The van der Waals surface area contributed by atoms with Crippen molar-refractivity contribution in [1.82, 2.24) is 19.9 Å². The third-order valence-corrected chi connectivity index (χ3v) is 3.85. The lowest BCUT2D eigenvalue weighted by molar-refractivity contribution is -0.121. The molecule has 1 aromatic carbocycles. The molecule has 0 atom stereocenters. The maximum absolute atomic E-state index is 12.5. The van der Waals surface area contributed by atoms with Crippen molar-refractivity contribution in [2.45, 2.75) is 26.4 Å². The van der Waals surface area contributed by atoms with Crippen LogP contribution in [0.25, 0.3) is 10.9 Å². The predicted octanol–water partition coefficient (Wildman–Crippen LogP) is 1.81. The molecule has 0 unspecified atom stereocenters. The monoisotopic (exact) mass is 322 g/mol. The van der Waals surface area contributed by atoms with Gasteiger partial charge in [0.15, 0.2) is 0 Å². The van der Waals surface area contributed by atoms with Crippen molar-refractivity contribution in [3.05, 3.63) is 70.5 Å². The average Bonchev–Trinajstić information content (AvgIpc) is 2.61. The first-order valence-corrected chi connectivity index (χ1v) is 7.75. The Morgan fingerprint density at radius 2 is 2.12 bits per heavy atom. The molecule has 1 N–H and O–H groups in total. The zero-order valence-electron chi connectivity index (χ0n) is 13.4. The fourth-order valence-electron chi connectivity index (χ4n) is 2.51. The number of benzene rings is 1. The number of nitrogens with one attached hydrogen (secondary N) is 1. The summed E-state index contributed by atoms with van der Waals surface area (Å²) < 4.78 is 1.48. The largest absolute Gasteiger partial charge is 0.352 e. The summed E-state index contributed by atoms with van der Waals surface area (Å²) in [7, 11) is 0. The van der Waals surface area contributed by atoms with Crippen molar-refractivity contribution in [2.24, 2.45) is 0 Å². The Bertz CT molecular complexity index is 919. The number of hydrogen-bond donors (Lipinski definition) is 1. The number of aromatic nitrogens is 3.